The zero-order valence-electron chi connectivity index (χ0n) is 12.0. The fourth-order valence-corrected chi connectivity index (χ4v) is 2.72. The summed E-state index contributed by atoms with van der Waals surface area (Å²) in [5.41, 5.74) is 1.94. The first-order valence-electron chi connectivity index (χ1n) is 6.90. The van der Waals surface area contributed by atoms with Crippen LogP contribution in [0.5, 0.6) is 5.75 Å². The Morgan fingerprint density at radius 2 is 2.24 bits per heavy atom. The van der Waals surface area contributed by atoms with Gasteiger partial charge in [-0.2, -0.15) is 0 Å². The van der Waals surface area contributed by atoms with Gasteiger partial charge in [0.15, 0.2) is 5.82 Å². The van der Waals surface area contributed by atoms with Gasteiger partial charge in [0.25, 0.3) is 0 Å². The maximum Gasteiger partial charge on any atom is 0.308 e. The molecule has 1 aliphatic heterocycles. The molecule has 21 heavy (non-hydrogen) atoms. The van der Waals surface area contributed by atoms with Crippen molar-refractivity contribution in [3.8, 4) is 17.1 Å². The van der Waals surface area contributed by atoms with Gasteiger partial charge in [-0.25, -0.2) is 0 Å². The Morgan fingerprint density at radius 1 is 1.43 bits per heavy atom. The second kappa shape index (κ2) is 5.20. The summed E-state index contributed by atoms with van der Waals surface area (Å²) in [6, 6.07) is 5.85. The van der Waals surface area contributed by atoms with Crippen LogP contribution in [0.3, 0.4) is 0 Å². The van der Waals surface area contributed by atoms with E-state index in [1.165, 1.54) is 0 Å². The Morgan fingerprint density at radius 3 is 2.95 bits per heavy atom. The standard InChI is InChI=1S/C15H17N3O3/c1-9-3-5-12(21-2)11(7-9)14-17-16-13-6-4-10(15(19)20)8-18(13)14/h3,5,7,10H,4,6,8H2,1-2H3,(H,19,20). The first-order chi connectivity index (χ1) is 10.1. The van der Waals surface area contributed by atoms with E-state index in [0.29, 0.717) is 31.0 Å². The minimum Gasteiger partial charge on any atom is -0.496 e. The zero-order chi connectivity index (χ0) is 15.0. The van der Waals surface area contributed by atoms with Crippen molar-refractivity contribution in [3.63, 3.8) is 0 Å². The number of aryl methyl sites for hydroxylation is 2. The Kier molecular flexibility index (Phi) is 3.37. The van der Waals surface area contributed by atoms with Crippen molar-refractivity contribution in [2.24, 2.45) is 5.92 Å². The van der Waals surface area contributed by atoms with Crippen LogP contribution in [0.1, 0.15) is 17.8 Å². The van der Waals surface area contributed by atoms with E-state index in [-0.39, 0.29) is 5.92 Å². The van der Waals surface area contributed by atoms with Crippen LogP contribution in [-0.2, 0) is 17.8 Å². The van der Waals surface area contributed by atoms with E-state index < -0.39 is 5.97 Å². The number of carbonyl (C=O) groups is 1. The molecule has 1 atom stereocenters. The van der Waals surface area contributed by atoms with E-state index in [1.807, 2.05) is 29.7 Å². The average molecular weight is 287 g/mol. The molecule has 0 amide bonds. The van der Waals surface area contributed by atoms with E-state index in [2.05, 4.69) is 10.2 Å². The summed E-state index contributed by atoms with van der Waals surface area (Å²) in [7, 11) is 1.61. The van der Waals surface area contributed by atoms with Crippen LogP contribution in [0.2, 0.25) is 0 Å². The van der Waals surface area contributed by atoms with Gasteiger partial charge in [0.1, 0.15) is 11.6 Å². The van der Waals surface area contributed by atoms with Gasteiger partial charge < -0.3 is 14.4 Å². The molecule has 0 radical (unpaired) electrons. The molecule has 1 N–H and O–H groups in total. The van der Waals surface area contributed by atoms with Crippen LogP contribution in [-0.4, -0.2) is 33.0 Å². The van der Waals surface area contributed by atoms with Crippen LogP contribution < -0.4 is 4.74 Å². The van der Waals surface area contributed by atoms with Crippen molar-refractivity contribution < 1.29 is 14.6 Å². The van der Waals surface area contributed by atoms with E-state index in [9.17, 15) is 9.90 Å². The van der Waals surface area contributed by atoms with Gasteiger partial charge in [-0.1, -0.05) is 11.6 Å². The van der Waals surface area contributed by atoms with E-state index >= 15 is 0 Å². The number of hydrogen-bond acceptors (Lipinski definition) is 4. The summed E-state index contributed by atoms with van der Waals surface area (Å²) in [6.45, 7) is 2.40. The smallest absolute Gasteiger partial charge is 0.308 e. The maximum atomic E-state index is 11.2. The molecule has 1 aromatic carbocycles. The number of ether oxygens (including phenoxy) is 1. The van der Waals surface area contributed by atoms with Gasteiger partial charge in [0, 0.05) is 13.0 Å². The fraction of sp³-hybridized carbons (Fsp3) is 0.400. The summed E-state index contributed by atoms with van der Waals surface area (Å²) in [5, 5.41) is 17.7. The molecule has 3 rings (SSSR count). The quantitative estimate of drug-likeness (QED) is 0.933. The van der Waals surface area contributed by atoms with Gasteiger partial charge in [-0.05, 0) is 25.5 Å². The van der Waals surface area contributed by atoms with Gasteiger partial charge in [-0.15, -0.1) is 10.2 Å². The molecule has 6 heteroatoms. The molecule has 6 nitrogen and oxygen atoms in total. The van der Waals surface area contributed by atoms with Crippen molar-refractivity contribution in [1.29, 1.82) is 0 Å². The number of methoxy groups -OCH3 is 1. The van der Waals surface area contributed by atoms with Crippen LogP contribution in [0.25, 0.3) is 11.4 Å². The lowest BCUT2D eigenvalue weighted by Crippen LogP contribution is -2.27. The third-order valence-electron chi connectivity index (χ3n) is 3.89. The first-order valence-corrected chi connectivity index (χ1v) is 6.90. The molecule has 110 valence electrons. The number of nitrogens with zero attached hydrogens (tertiary/aromatic N) is 3. The number of carboxylic acids is 1. The third-order valence-corrected chi connectivity index (χ3v) is 3.89. The predicted molar refractivity (Wildman–Crippen MR) is 76.2 cm³/mol. The van der Waals surface area contributed by atoms with Gasteiger partial charge >= 0.3 is 5.97 Å². The Hall–Kier alpha value is -2.37. The Bertz CT molecular complexity index is 693. The molecule has 0 spiro atoms. The lowest BCUT2D eigenvalue weighted by molar-refractivity contribution is -0.142. The molecule has 0 bridgehead atoms. The lowest BCUT2D eigenvalue weighted by atomic mass is 9.99. The number of benzene rings is 1. The summed E-state index contributed by atoms with van der Waals surface area (Å²) in [6.07, 6.45) is 1.25. The Labute approximate surface area is 122 Å². The van der Waals surface area contributed by atoms with Crippen molar-refractivity contribution in [1.82, 2.24) is 14.8 Å². The Balaban J connectivity index is 2.08. The molecule has 2 heterocycles. The van der Waals surface area contributed by atoms with E-state index in [0.717, 1.165) is 17.0 Å². The highest BCUT2D eigenvalue weighted by atomic mass is 16.5. The van der Waals surface area contributed by atoms with Gasteiger partial charge in [0.2, 0.25) is 0 Å². The normalized spacial score (nSPS) is 17.3. The van der Waals surface area contributed by atoms with E-state index in [1.54, 1.807) is 7.11 Å². The summed E-state index contributed by atoms with van der Waals surface area (Å²) in [4.78, 5) is 11.2. The first kappa shape index (κ1) is 13.6. The van der Waals surface area contributed by atoms with Crippen molar-refractivity contribution in [2.75, 3.05) is 7.11 Å². The second-order valence-corrected chi connectivity index (χ2v) is 5.33. The fourth-order valence-electron chi connectivity index (χ4n) is 2.72. The number of carboxylic acid groups (broad SMARTS) is 1. The molecular weight excluding hydrogens is 270 g/mol. The molecule has 0 saturated heterocycles. The minimum absolute atomic E-state index is 0.386. The van der Waals surface area contributed by atoms with Gasteiger partial charge in [0.05, 0.1) is 18.6 Å². The number of hydrogen-bond donors (Lipinski definition) is 1. The molecule has 1 aliphatic rings. The number of aromatic nitrogens is 3. The molecule has 0 saturated carbocycles. The third kappa shape index (κ3) is 2.37. The largest absolute Gasteiger partial charge is 0.496 e. The highest BCUT2D eigenvalue weighted by Crippen LogP contribution is 2.32. The van der Waals surface area contributed by atoms with Crippen molar-refractivity contribution >= 4 is 5.97 Å². The van der Waals surface area contributed by atoms with Crippen LogP contribution in [0, 0.1) is 12.8 Å². The zero-order valence-corrected chi connectivity index (χ0v) is 12.0. The average Bonchev–Trinajstić information content (AvgIpc) is 2.89. The minimum atomic E-state index is -0.767. The molecule has 0 aliphatic carbocycles. The summed E-state index contributed by atoms with van der Waals surface area (Å²) in [5.74, 6) is 1.08. The van der Waals surface area contributed by atoms with E-state index in [4.69, 9.17) is 4.74 Å². The second-order valence-electron chi connectivity index (χ2n) is 5.33. The summed E-state index contributed by atoms with van der Waals surface area (Å²) < 4.78 is 7.29. The number of fused-ring (bicyclic) bond motifs is 1. The lowest BCUT2D eigenvalue weighted by Gasteiger charge is -2.21. The highest BCUT2D eigenvalue weighted by Gasteiger charge is 2.28. The SMILES string of the molecule is COc1ccc(C)cc1-c1nnc2n1CC(C(=O)O)CC2. The summed E-state index contributed by atoms with van der Waals surface area (Å²) >= 11 is 0. The van der Waals surface area contributed by atoms with Crippen LogP contribution >= 0.6 is 0 Å². The number of rotatable bonds is 3. The molecule has 1 aromatic heterocycles. The van der Waals surface area contributed by atoms with Crippen LogP contribution in [0.4, 0.5) is 0 Å². The maximum absolute atomic E-state index is 11.2. The highest BCUT2D eigenvalue weighted by molar-refractivity contribution is 5.71. The topological polar surface area (TPSA) is 77.2 Å². The van der Waals surface area contributed by atoms with Crippen molar-refractivity contribution in [2.45, 2.75) is 26.3 Å². The van der Waals surface area contributed by atoms with Gasteiger partial charge in [-0.3, -0.25) is 4.79 Å². The molecule has 1 unspecified atom stereocenters. The number of aliphatic carboxylic acids is 1. The van der Waals surface area contributed by atoms with Crippen molar-refractivity contribution in [3.05, 3.63) is 29.6 Å². The van der Waals surface area contributed by atoms with Crippen LogP contribution in [0.15, 0.2) is 18.2 Å². The molecular formula is C15H17N3O3. The predicted octanol–water partition coefficient (Wildman–Crippen LogP) is 1.91. The molecule has 0 fully saturated rings. The molecule has 2 aromatic rings. The monoisotopic (exact) mass is 287 g/mol.